The minimum atomic E-state index is -0.0995. The zero-order valence-electron chi connectivity index (χ0n) is 12.6. The van der Waals surface area contributed by atoms with Gasteiger partial charge in [0.25, 0.3) is 5.91 Å². The third-order valence-electron chi connectivity index (χ3n) is 5.00. The fourth-order valence-corrected chi connectivity index (χ4v) is 4.26. The lowest BCUT2D eigenvalue weighted by atomic mass is 9.84. The van der Waals surface area contributed by atoms with Gasteiger partial charge in [0.15, 0.2) is 0 Å². The van der Waals surface area contributed by atoms with Crippen LogP contribution in [-0.2, 0) is 0 Å². The molecule has 21 heavy (non-hydrogen) atoms. The van der Waals surface area contributed by atoms with Gasteiger partial charge in [0.2, 0.25) is 0 Å². The maximum Gasteiger partial charge on any atom is 0.254 e. The van der Waals surface area contributed by atoms with Crippen LogP contribution in [0, 0.1) is 11.8 Å². The molecule has 2 heterocycles. The molecule has 0 spiro atoms. The molecule has 2 atom stereocenters. The molecule has 2 aliphatic rings. The Morgan fingerprint density at radius 1 is 1.43 bits per heavy atom. The first-order valence-corrected chi connectivity index (χ1v) is 8.10. The van der Waals surface area contributed by atoms with E-state index in [0.29, 0.717) is 17.4 Å². The Hall–Kier alpha value is -1.07. The highest BCUT2D eigenvalue weighted by Gasteiger charge is 2.51. The van der Waals surface area contributed by atoms with E-state index >= 15 is 0 Å². The Balaban J connectivity index is 1.87. The van der Waals surface area contributed by atoms with Gasteiger partial charge in [-0.05, 0) is 59.8 Å². The second kappa shape index (κ2) is 5.29. The Kier molecular flexibility index (Phi) is 3.74. The summed E-state index contributed by atoms with van der Waals surface area (Å²) in [5.74, 6) is 1.97. The van der Waals surface area contributed by atoms with Gasteiger partial charge in [-0.15, -0.1) is 0 Å². The monoisotopic (exact) mass is 352 g/mol. The van der Waals surface area contributed by atoms with Crippen molar-refractivity contribution in [2.45, 2.75) is 19.4 Å². The van der Waals surface area contributed by atoms with Crippen LogP contribution in [0.15, 0.2) is 22.7 Å². The summed E-state index contributed by atoms with van der Waals surface area (Å²) in [7, 11) is 1.62. The quantitative estimate of drug-likeness (QED) is 0.889. The highest BCUT2D eigenvalue weighted by atomic mass is 79.9. The summed E-state index contributed by atoms with van der Waals surface area (Å²) >= 11 is 3.46. The van der Waals surface area contributed by atoms with Crippen LogP contribution in [0.5, 0.6) is 5.75 Å². The number of hydrogen-bond donors (Lipinski definition) is 1. The second-order valence-corrected chi connectivity index (χ2v) is 7.30. The van der Waals surface area contributed by atoms with E-state index < -0.39 is 0 Å². The summed E-state index contributed by atoms with van der Waals surface area (Å²) in [5, 5.41) is 3.44. The van der Waals surface area contributed by atoms with Crippen molar-refractivity contribution < 1.29 is 9.53 Å². The lowest BCUT2D eigenvalue weighted by Crippen LogP contribution is -2.47. The molecule has 4 nitrogen and oxygen atoms in total. The van der Waals surface area contributed by atoms with E-state index in [1.807, 2.05) is 23.1 Å². The molecule has 0 saturated carbocycles. The number of ether oxygens (including phenoxy) is 1. The first kappa shape index (κ1) is 14.9. The van der Waals surface area contributed by atoms with E-state index in [4.69, 9.17) is 4.74 Å². The first-order chi connectivity index (χ1) is 9.95. The van der Waals surface area contributed by atoms with Crippen LogP contribution in [0.4, 0.5) is 0 Å². The van der Waals surface area contributed by atoms with Gasteiger partial charge in [-0.25, -0.2) is 0 Å². The molecule has 0 aromatic heterocycles. The first-order valence-electron chi connectivity index (χ1n) is 7.31. The van der Waals surface area contributed by atoms with Crippen LogP contribution in [0.3, 0.4) is 0 Å². The van der Waals surface area contributed by atoms with Gasteiger partial charge in [-0.3, -0.25) is 4.79 Å². The van der Waals surface area contributed by atoms with Crippen molar-refractivity contribution in [1.82, 2.24) is 10.2 Å². The molecule has 0 bridgehead atoms. The smallest absolute Gasteiger partial charge is 0.254 e. The predicted octanol–water partition coefficient (Wildman–Crippen LogP) is 2.53. The molecule has 2 saturated heterocycles. The van der Waals surface area contributed by atoms with Crippen molar-refractivity contribution in [1.29, 1.82) is 0 Å². The third-order valence-corrected chi connectivity index (χ3v) is 5.62. The van der Waals surface area contributed by atoms with Crippen molar-refractivity contribution >= 4 is 21.8 Å². The van der Waals surface area contributed by atoms with E-state index in [1.165, 1.54) is 0 Å². The number of likely N-dealkylation sites (tertiary alicyclic amines) is 1. The minimum absolute atomic E-state index is 0.0995. The normalized spacial score (nSPS) is 26.8. The van der Waals surface area contributed by atoms with E-state index in [1.54, 1.807) is 7.11 Å². The molecule has 3 rings (SSSR count). The summed E-state index contributed by atoms with van der Waals surface area (Å²) in [6.45, 7) is 7.23. The molecular formula is C16H21BrN2O2. The molecular weight excluding hydrogens is 332 g/mol. The molecule has 1 N–H and O–H groups in total. The largest absolute Gasteiger partial charge is 0.496 e. The summed E-state index contributed by atoms with van der Waals surface area (Å²) < 4.78 is 6.04. The Morgan fingerprint density at radius 3 is 2.81 bits per heavy atom. The molecule has 5 heteroatoms. The molecule has 1 aromatic carbocycles. The molecule has 1 aromatic rings. The van der Waals surface area contributed by atoms with Gasteiger partial charge < -0.3 is 15.0 Å². The van der Waals surface area contributed by atoms with Gasteiger partial charge in [0, 0.05) is 30.7 Å². The summed E-state index contributed by atoms with van der Waals surface area (Å²) in [6, 6.07) is 5.53. The molecule has 1 amide bonds. The number of carbonyl (C=O) groups is 1. The zero-order valence-corrected chi connectivity index (χ0v) is 14.2. The highest BCUT2D eigenvalue weighted by molar-refractivity contribution is 9.10. The van der Waals surface area contributed by atoms with Crippen molar-refractivity contribution in [3.8, 4) is 5.75 Å². The number of hydrogen-bond acceptors (Lipinski definition) is 3. The molecule has 2 fully saturated rings. The van der Waals surface area contributed by atoms with E-state index in [2.05, 4.69) is 35.1 Å². The molecule has 2 aliphatic heterocycles. The lowest BCUT2D eigenvalue weighted by Gasteiger charge is -2.35. The number of fused-ring (bicyclic) bond motifs is 1. The van der Waals surface area contributed by atoms with Crippen molar-refractivity contribution in [3.63, 3.8) is 0 Å². The SMILES string of the molecule is COc1ccc(C(=O)N2CC3CNCC3C2(C)C)cc1Br. The number of rotatable bonds is 2. The van der Waals surface area contributed by atoms with Gasteiger partial charge in [-0.1, -0.05) is 0 Å². The zero-order chi connectivity index (χ0) is 15.2. The van der Waals surface area contributed by atoms with E-state index in [9.17, 15) is 4.79 Å². The Morgan fingerprint density at radius 2 is 2.19 bits per heavy atom. The average Bonchev–Trinajstić information content (AvgIpc) is 3.00. The average molecular weight is 353 g/mol. The van der Waals surface area contributed by atoms with E-state index in [-0.39, 0.29) is 11.4 Å². The number of nitrogens with one attached hydrogen (secondary N) is 1. The summed E-state index contributed by atoms with van der Waals surface area (Å²) in [6.07, 6.45) is 0. The number of amides is 1. The molecule has 0 aliphatic carbocycles. The Labute approximate surface area is 134 Å². The van der Waals surface area contributed by atoms with E-state index in [0.717, 1.165) is 29.9 Å². The van der Waals surface area contributed by atoms with Crippen molar-refractivity contribution in [2.24, 2.45) is 11.8 Å². The van der Waals surface area contributed by atoms with Gasteiger partial charge in [-0.2, -0.15) is 0 Å². The lowest BCUT2D eigenvalue weighted by molar-refractivity contribution is 0.0603. The second-order valence-electron chi connectivity index (χ2n) is 6.44. The number of carbonyl (C=O) groups excluding carboxylic acids is 1. The van der Waals surface area contributed by atoms with Crippen LogP contribution in [0.1, 0.15) is 24.2 Å². The Bertz CT molecular complexity index is 573. The van der Waals surface area contributed by atoms with Crippen LogP contribution in [0.25, 0.3) is 0 Å². The van der Waals surface area contributed by atoms with Crippen LogP contribution >= 0.6 is 15.9 Å². The van der Waals surface area contributed by atoms with Crippen LogP contribution in [0.2, 0.25) is 0 Å². The topological polar surface area (TPSA) is 41.6 Å². The fourth-order valence-electron chi connectivity index (χ4n) is 3.72. The fraction of sp³-hybridized carbons (Fsp3) is 0.562. The summed E-state index contributed by atoms with van der Waals surface area (Å²) in [5.41, 5.74) is 0.612. The highest BCUT2D eigenvalue weighted by Crippen LogP contribution is 2.41. The predicted molar refractivity (Wildman–Crippen MR) is 85.7 cm³/mol. The number of methoxy groups -OCH3 is 1. The maximum absolute atomic E-state index is 12.9. The van der Waals surface area contributed by atoms with Gasteiger partial charge in [0.05, 0.1) is 11.6 Å². The minimum Gasteiger partial charge on any atom is -0.496 e. The number of nitrogens with zero attached hydrogens (tertiary/aromatic N) is 1. The van der Waals surface area contributed by atoms with Gasteiger partial charge in [0.1, 0.15) is 5.75 Å². The van der Waals surface area contributed by atoms with Crippen LogP contribution in [-0.4, -0.2) is 43.1 Å². The van der Waals surface area contributed by atoms with Crippen LogP contribution < -0.4 is 10.1 Å². The van der Waals surface area contributed by atoms with Crippen molar-refractivity contribution in [3.05, 3.63) is 28.2 Å². The molecule has 2 unspecified atom stereocenters. The molecule has 114 valence electrons. The number of benzene rings is 1. The maximum atomic E-state index is 12.9. The van der Waals surface area contributed by atoms with Gasteiger partial charge >= 0.3 is 0 Å². The third kappa shape index (κ3) is 2.36. The molecule has 0 radical (unpaired) electrons. The van der Waals surface area contributed by atoms with Crippen molar-refractivity contribution in [2.75, 3.05) is 26.7 Å². The summed E-state index contributed by atoms with van der Waals surface area (Å²) in [4.78, 5) is 14.9. The standard InChI is InChI=1S/C16H21BrN2O2/c1-16(2)12-8-18-7-11(12)9-19(16)15(20)10-4-5-14(21-3)13(17)6-10/h4-6,11-12,18H,7-9H2,1-3H3. The number of halogens is 1.